The first kappa shape index (κ1) is 21.5. The Kier molecular flexibility index (Phi) is 7.39. The summed E-state index contributed by atoms with van der Waals surface area (Å²) in [6, 6.07) is 8.95. The molecule has 0 radical (unpaired) electrons. The predicted octanol–water partition coefficient (Wildman–Crippen LogP) is 2.65. The summed E-state index contributed by atoms with van der Waals surface area (Å²) in [6.07, 6.45) is 1.89. The number of carbonyl (C=O) groups excluding carboxylic acids is 1. The molecule has 0 unspecified atom stereocenters. The number of nitrogens with zero attached hydrogens (tertiary/aromatic N) is 4. The summed E-state index contributed by atoms with van der Waals surface area (Å²) in [5.41, 5.74) is 2.26. The summed E-state index contributed by atoms with van der Waals surface area (Å²) in [5, 5.41) is 7.67. The second-order valence-electron chi connectivity index (χ2n) is 7.70. The molecule has 1 aromatic carbocycles. The molecule has 29 heavy (non-hydrogen) atoms. The molecule has 1 aromatic heterocycles. The van der Waals surface area contributed by atoms with Crippen LogP contribution in [0.15, 0.2) is 30.3 Å². The number of halogens is 1. The third kappa shape index (κ3) is 5.64. The largest absolute Gasteiger partial charge is 0.352 e. The lowest BCUT2D eigenvalue weighted by Gasteiger charge is -2.32. The van der Waals surface area contributed by atoms with Crippen molar-refractivity contribution in [2.24, 2.45) is 7.05 Å². The molecule has 0 spiro atoms. The van der Waals surface area contributed by atoms with Crippen molar-refractivity contribution < 1.29 is 9.18 Å². The molecular formula is C22H32FN5O. The van der Waals surface area contributed by atoms with Gasteiger partial charge in [-0.15, -0.1) is 0 Å². The predicted molar refractivity (Wildman–Crippen MR) is 113 cm³/mol. The zero-order valence-electron chi connectivity index (χ0n) is 17.7. The van der Waals surface area contributed by atoms with Crippen LogP contribution in [0.2, 0.25) is 0 Å². The summed E-state index contributed by atoms with van der Waals surface area (Å²) in [6.45, 7) is 9.03. The van der Waals surface area contributed by atoms with Crippen LogP contribution in [0.4, 0.5) is 4.39 Å². The molecule has 0 saturated carbocycles. The van der Waals surface area contributed by atoms with Gasteiger partial charge in [0.1, 0.15) is 5.82 Å². The Bertz CT molecular complexity index is 809. The average Bonchev–Trinajstić information content (AvgIpc) is 3.08. The minimum Gasteiger partial charge on any atom is -0.352 e. The minimum absolute atomic E-state index is 0.119. The van der Waals surface area contributed by atoms with Crippen LogP contribution >= 0.6 is 0 Å². The van der Waals surface area contributed by atoms with Crippen molar-refractivity contribution in [3.8, 4) is 11.3 Å². The van der Waals surface area contributed by atoms with Crippen LogP contribution < -0.4 is 5.32 Å². The van der Waals surface area contributed by atoms with E-state index in [1.165, 1.54) is 6.07 Å². The summed E-state index contributed by atoms with van der Waals surface area (Å²) in [5.74, 6) is -0.133. The van der Waals surface area contributed by atoms with Crippen molar-refractivity contribution in [2.45, 2.75) is 39.3 Å². The molecule has 1 N–H and O–H groups in total. The fraction of sp³-hybridized carbons (Fsp3) is 0.545. The Hall–Kier alpha value is -2.25. The SMILES string of the molecule is CCN(CC)CC(=O)NC1CCN(Cc2cc(-c3ccccc3F)nn2C)CC1. The number of likely N-dealkylation sites (tertiary alicyclic amines) is 1. The molecule has 1 fully saturated rings. The number of benzene rings is 1. The fourth-order valence-corrected chi connectivity index (χ4v) is 3.84. The van der Waals surface area contributed by atoms with Gasteiger partial charge < -0.3 is 5.32 Å². The van der Waals surface area contributed by atoms with Gasteiger partial charge in [-0.1, -0.05) is 26.0 Å². The van der Waals surface area contributed by atoms with Gasteiger partial charge in [-0.3, -0.25) is 19.3 Å². The van der Waals surface area contributed by atoms with Crippen molar-refractivity contribution in [1.82, 2.24) is 24.9 Å². The van der Waals surface area contributed by atoms with E-state index in [0.29, 0.717) is 17.8 Å². The summed E-state index contributed by atoms with van der Waals surface area (Å²) < 4.78 is 15.9. The molecule has 2 heterocycles. The highest BCUT2D eigenvalue weighted by atomic mass is 19.1. The number of aryl methyl sites for hydroxylation is 1. The van der Waals surface area contributed by atoms with Crippen molar-refractivity contribution in [3.05, 3.63) is 41.8 Å². The Morgan fingerprint density at radius 3 is 2.59 bits per heavy atom. The number of nitrogens with one attached hydrogen (secondary N) is 1. The van der Waals surface area contributed by atoms with Gasteiger partial charge >= 0.3 is 0 Å². The van der Waals surface area contributed by atoms with E-state index in [-0.39, 0.29) is 17.8 Å². The van der Waals surface area contributed by atoms with Gasteiger partial charge in [-0.2, -0.15) is 5.10 Å². The van der Waals surface area contributed by atoms with Crippen LogP contribution in [0.3, 0.4) is 0 Å². The Labute approximate surface area is 172 Å². The van der Waals surface area contributed by atoms with E-state index >= 15 is 0 Å². The first-order chi connectivity index (χ1) is 14.0. The van der Waals surface area contributed by atoms with E-state index in [9.17, 15) is 9.18 Å². The molecule has 1 amide bonds. The first-order valence-corrected chi connectivity index (χ1v) is 10.5. The number of hydrogen-bond donors (Lipinski definition) is 1. The number of piperidine rings is 1. The van der Waals surface area contributed by atoms with E-state index in [4.69, 9.17) is 0 Å². The third-order valence-corrected chi connectivity index (χ3v) is 5.73. The van der Waals surface area contributed by atoms with Gasteiger partial charge in [0.2, 0.25) is 5.91 Å². The Morgan fingerprint density at radius 1 is 1.24 bits per heavy atom. The summed E-state index contributed by atoms with van der Waals surface area (Å²) >= 11 is 0. The molecule has 1 aliphatic rings. The van der Waals surface area contributed by atoms with Gasteiger partial charge in [-0.05, 0) is 44.1 Å². The smallest absolute Gasteiger partial charge is 0.234 e. The highest BCUT2D eigenvalue weighted by Crippen LogP contribution is 2.23. The maximum absolute atomic E-state index is 14.0. The summed E-state index contributed by atoms with van der Waals surface area (Å²) in [7, 11) is 1.90. The molecule has 0 bridgehead atoms. The maximum atomic E-state index is 14.0. The zero-order valence-corrected chi connectivity index (χ0v) is 17.7. The molecule has 1 saturated heterocycles. The molecule has 158 valence electrons. The average molecular weight is 402 g/mol. The molecule has 0 atom stereocenters. The van der Waals surface area contributed by atoms with Crippen LogP contribution in [-0.2, 0) is 18.4 Å². The standard InChI is InChI=1S/C22H32FN5O/c1-4-27(5-2)16-22(29)24-17-10-12-28(13-11-17)15-18-14-21(25-26(18)3)19-8-6-7-9-20(19)23/h6-9,14,17H,4-5,10-13,15-16H2,1-3H3,(H,24,29). The van der Waals surface area contributed by atoms with E-state index in [1.54, 1.807) is 12.1 Å². The molecule has 0 aliphatic carbocycles. The van der Waals surface area contributed by atoms with Gasteiger partial charge in [0.05, 0.1) is 17.9 Å². The van der Waals surface area contributed by atoms with E-state index in [1.807, 2.05) is 23.9 Å². The van der Waals surface area contributed by atoms with E-state index in [2.05, 4.69) is 34.1 Å². The highest BCUT2D eigenvalue weighted by Gasteiger charge is 2.22. The number of amides is 1. The lowest BCUT2D eigenvalue weighted by atomic mass is 10.0. The van der Waals surface area contributed by atoms with Gasteiger partial charge in [0.15, 0.2) is 0 Å². The third-order valence-electron chi connectivity index (χ3n) is 5.73. The quantitative estimate of drug-likeness (QED) is 0.739. The monoisotopic (exact) mass is 401 g/mol. The fourth-order valence-electron chi connectivity index (χ4n) is 3.84. The normalized spacial score (nSPS) is 15.8. The lowest BCUT2D eigenvalue weighted by molar-refractivity contribution is -0.123. The van der Waals surface area contributed by atoms with Crippen molar-refractivity contribution in [3.63, 3.8) is 0 Å². The van der Waals surface area contributed by atoms with E-state index < -0.39 is 0 Å². The van der Waals surface area contributed by atoms with Crippen molar-refractivity contribution in [2.75, 3.05) is 32.7 Å². The number of carbonyl (C=O) groups is 1. The minimum atomic E-state index is -0.251. The van der Waals surface area contributed by atoms with Crippen molar-refractivity contribution >= 4 is 5.91 Å². The lowest BCUT2D eigenvalue weighted by Crippen LogP contribution is -2.47. The zero-order chi connectivity index (χ0) is 20.8. The number of hydrogen-bond acceptors (Lipinski definition) is 4. The molecule has 3 rings (SSSR count). The summed E-state index contributed by atoms with van der Waals surface area (Å²) in [4.78, 5) is 16.7. The van der Waals surface area contributed by atoms with Crippen LogP contribution in [-0.4, -0.2) is 64.3 Å². The molecule has 7 heteroatoms. The van der Waals surface area contributed by atoms with Crippen LogP contribution in [0.5, 0.6) is 0 Å². The van der Waals surface area contributed by atoms with Crippen molar-refractivity contribution in [1.29, 1.82) is 0 Å². The van der Waals surface area contributed by atoms with Gasteiger partial charge in [0.25, 0.3) is 0 Å². The maximum Gasteiger partial charge on any atom is 0.234 e. The number of rotatable bonds is 8. The first-order valence-electron chi connectivity index (χ1n) is 10.5. The molecular weight excluding hydrogens is 369 g/mol. The van der Waals surface area contributed by atoms with Crippen LogP contribution in [0.1, 0.15) is 32.4 Å². The van der Waals surface area contributed by atoms with E-state index in [0.717, 1.165) is 51.3 Å². The van der Waals surface area contributed by atoms with Gasteiger partial charge in [0, 0.05) is 38.3 Å². The Balaban J connectivity index is 1.51. The number of aromatic nitrogens is 2. The van der Waals surface area contributed by atoms with Crippen LogP contribution in [0, 0.1) is 5.82 Å². The topological polar surface area (TPSA) is 53.4 Å². The Morgan fingerprint density at radius 2 is 1.93 bits per heavy atom. The molecule has 2 aromatic rings. The molecule has 6 nitrogen and oxygen atoms in total. The number of likely N-dealkylation sites (N-methyl/N-ethyl adjacent to an activating group) is 1. The second-order valence-corrected chi connectivity index (χ2v) is 7.70. The molecule has 1 aliphatic heterocycles. The van der Waals surface area contributed by atoms with Gasteiger partial charge in [-0.25, -0.2) is 4.39 Å². The van der Waals surface area contributed by atoms with Crippen LogP contribution in [0.25, 0.3) is 11.3 Å². The second kappa shape index (κ2) is 9.98. The highest BCUT2D eigenvalue weighted by molar-refractivity contribution is 5.78.